The second-order valence-corrected chi connectivity index (χ2v) is 17.7. The number of oxime groups is 1. The molecule has 0 unspecified atom stereocenters. The van der Waals surface area contributed by atoms with Crippen LogP contribution >= 0.6 is 0 Å². The third-order valence-corrected chi connectivity index (χ3v) is 12.6. The number of aliphatic hydroxyl groups excluding tert-OH is 3. The molecule has 3 saturated heterocycles. The smallest absolute Gasteiger partial charge is 0.311 e. The van der Waals surface area contributed by atoms with Crippen LogP contribution in [0.4, 0.5) is 0 Å². The monoisotopic (exact) mass is 837 g/mol. The molecule has 5 N–H and O–H groups in total. The number of ether oxygens (including phenoxy) is 8. The molecule has 0 aliphatic carbocycles. The standard InChI is InChI=1S/C41H76N2O15/c1-15-29-41(10,49)34(45)24(4)31(42-53-21-52-17-16-50-13)22(2)19-39(8,48)36(58-38-32(44)28(43(11)12)18-23(3)54-38)25(5)33(26(6)37(47)56-29)57-30-20-40(9,51-14)35(46)27(7)55-30/h22-30,32-36,38,44-46,48-49H,15-21H2,1-14H3/b42-31-/t22-,23-,24+,25+,26-,27+,28+,29-,30-,32+,33+,34-,35-,36+,38+,39-,40+,41-/m1/s1. The Morgan fingerprint density at radius 2 is 1.55 bits per heavy atom. The molecule has 0 bridgehead atoms. The predicted molar refractivity (Wildman–Crippen MR) is 212 cm³/mol. The zero-order valence-electron chi connectivity index (χ0n) is 37.3. The fraction of sp³-hybridized carbons (Fsp3) is 0.951. The number of esters is 1. The summed E-state index contributed by atoms with van der Waals surface area (Å²) in [7, 11) is 6.76. The molecule has 0 aromatic heterocycles. The highest BCUT2D eigenvalue weighted by molar-refractivity contribution is 5.88. The number of nitrogens with zero attached hydrogens (tertiary/aromatic N) is 2. The summed E-state index contributed by atoms with van der Waals surface area (Å²) in [5.74, 6) is -4.14. The molecule has 0 spiro atoms. The van der Waals surface area contributed by atoms with Crippen LogP contribution in [0.1, 0.15) is 94.9 Å². The number of carbonyl (C=O) groups excluding carboxylic acids is 1. The molecule has 18 atom stereocenters. The lowest BCUT2D eigenvalue weighted by Gasteiger charge is -2.49. The van der Waals surface area contributed by atoms with Crippen LogP contribution in [-0.2, 0) is 47.5 Å². The highest BCUT2D eigenvalue weighted by Gasteiger charge is 2.53. The Balaban J connectivity index is 2.22. The number of aliphatic hydroxyl groups is 5. The lowest BCUT2D eigenvalue weighted by molar-refractivity contribution is -0.317. The van der Waals surface area contributed by atoms with Crippen LogP contribution in [0.25, 0.3) is 0 Å². The van der Waals surface area contributed by atoms with E-state index in [0.717, 1.165) is 0 Å². The van der Waals surface area contributed by atoms with Gasteiger partial charge in [-0.15, -0.1) is 0 Å². The highest BCUT2D eigenvalue weighted by Crippen LogP contribution is 2.41. The molecule has 0 aromatic rings. The number of rotatable bonds is 13. The van der Waals surface area contributed by atoms with Crippen molar-refractivity contribution in [2.75, 3.05) is 48.3 Å². The first-order chi connectivity index (χ1) is 27.0. The van der Waals surface area contributed by atoms with Crippen molar-refractivity contribution in [1.29, 1.82) is 0 Å². The van der Waals surface area contributed by atoms with Gasteiger partial charge in [0, 0.05) is 44.4 Å². The van der Waals surface area contributed by atoms with Crippen molar-refractivity contribution in [2.45, 2.75) is 179 Å². The number of carbonyl (C=O) groups is 1. The molecule has 3 aliphatic rings. The van der Waals surface area contributed by atoms with E-state index in [1.165, 1.54) is 14.0 Å². The van der Waals surface area contributed by atoms with Crippen LogP contribution in [0.3, 0.4) is 0 Å². The van der Waals surface area contributed by atoms with Crippen LogP contribution < -0.4 is 0 Å². The molecule has 3 heterocycles. The van der Waals surface area contributed by atoms with E-state index >= 15 is 0 Å². The van der Waals surface area contributed by atoms with Gasteiger partial charge in [-0.1, -0.05) is 32.9 Å². The maximum absolute atomic E-state index is 14.3. The minimum atomic E-state index is -1.97. The molecule has 0 saturated carbocycles. The van der Waals surface area contributed by atoms with Gasteiger partial charge in [0.15, 0.2) is 12.6 Å². The summed E-state index contributed by atoms with van der Waals surface area (Å²) in [6, 6.07) is -0.328. The molecule has 3 rings (SSSR count). The van der Waals surface area contributed by atoms with E-state index in [1.807, 2.05) is 32.8 Å². The Bertz CT molecular complexity index is 1300. The van der Waals surface area contributed by atoms with E-state index in [4.69, 9.17) is 42.7 Å². The van der Waals surface area contributed by atoms with E-state index < -0.39 is 102 Å². The number of hydrogen-bond donors (Lipinski definition) is 5. The number of hydrogen-bond acceptors (Lipinski definition) is 17. The summed E-state index contributed by atoms with van der Waals surface area (Å²) in [6.07, 6.45) is -9.49. The van der Waals surface area contributed by atoms with E-state index in [0.29, 0.717) is 18.7 Å². The SMILES string of the molecule is CC[C@H]1OC(=O)[C@H](C)[C@@H](O[C@@H]2C[C@](C)(OC)[C@H](O)[C@H](C)O2)[C@H](C)[C@H](O[C@@H]2O[C@H](C)C[C@H](N(C)C)[C@@H]2O)[C@](C)(O)C[C@@H](C)/C(=N/OCOCCOC)[C@H](C)[C@@H](O)[C@]1(C)O. The van der Waals surface area contributed by atoms with Crippen LogP contribution in [0, 0.1) is 23.7 Å². The number of likely N-dealkylation sites (N-methyl/N-ethyl adjacent to an activating group) is 1. The first-order valence-electron chi connectivity index (χ1n) is 20.8. The quantitative estimate of drug-likeness (QED) is 0.0778. The lowest BCUT2D eigenvalue weighted by Crippen LogP contribution is -2.61. The molecule has 17 nitrogen and oxygen atoms in total. The first kappa shape index (κ1) is 50.8. The first-order valence-corrected chi connectivity index (χ1v) is 20.8. The predicted octanol–water partition coefficient (Wildman–Crippen LogP) is 2.21. The van der Waals surface area contributed by atoms with Crippen LogP contribution in [0.15, 0.2) is 5.16 Å². The average molecular weight is 837 g/mol. The van der Waals surface area contributed by atoms with Crippen molar-refractivity contribution in [2.24, 2.45) is 28.8 Å². The van der Waals surface area contributed by atoms with Gasteiger partial charge in [-0.25, -0.2) is 0 Å². The van der Waals surface area contributed by atoms with Crippen molar-refractivity contribution >= 4 is 11.7 Å². The molecule has 0 radical (unpaired) electrons. The second kappa shape index (κ2) is 21.5. The summed E-state index contributed by atoms with van der Waals surface area (Å²) in [6.45, 7) is 17.3. The molecule has 0 aromatic carbocycles. The Kier molecular flexibility index (Phi) is 18.8. The van der Waals surface area contributed by atoms with Crippen molar-refractivity contribution in [3.8, 4) is 0 Å². The van der Waals surface area contributed by atoms with Gasteiger partial charge in [0.25, 0.3) is 0 Å². The maximum Gasteiger partial charge on any atom is 0.311 e. The normalized spacial score (nSPS) is 45.8. The second-order valence-electron chi connectivity index (χ2n) is 17.7. The van der Waals surface area contributed by atoms with Gasteiger partial charge in [0.1, 0.15) is 23.9 Å². The van der Waals surface area contributed by atoms with Gasteiger partial charge in [0.05, 0.1) is 66.6 Å². The van der Waals surface area contributed by atoms with Gasteiger partial charge < -0.3 is 73.2 Å². The Morgan fingerprint density at radius 3 is 2.14 bits per heavy atom. The summed E-state index contributed by atoms with van der Waals surface area (Å²) in [5.41, 5.74) is -4.49. The van der Waals surface area contributed by atoms with E-state index in [9.17, 15) is 30.3 Å². The molecule has 17 heteroatoms. The summed E-state index contributed by atoms with van der Waals surface area (Å²) >= 11 is 0. The minimum absolute atomic E-state index is 0.0307. The summed E-state index contributed by atoms with van der Waals surface area (Å²) < 4.78 is 48.1. The molecular weight excluding hydrogens is 760 g/mol. The van der Waals surface area contributed by atoms with Crippen molar-refractivity contribution < 1.29 is 73.1 Å². The van der Waals surface area contributed by atoms with Crippen LogP contribution in [0.5, 0.6) is 0 Å². The zero-order chi connectivity index (χ0) is 43.9. The third-order valence-electron chi connectivity index (χ3n) is 12.6. The topological polar surface area (TPSA) is 217 Å². The summed E-state index contributed by atoms with van der Waals surface area (Å²) in [4.78, 5) is 21.8. The van der Waals surface area contributed by atoms with Gasteiger partial charge >= 0.3 is 5.97 Å². The largest absolute Gasteiger partial charge is 0.459 e. The van der Waals surface area contributed by atoms with Crippen LogP contribution in [0.2, 0.25) is 0 Å². The minimum Gasteiger partial charge on any atom is -0.459 e. The zero-order valence-corrected chi connectivity index (χ0v) is 37.3. The highest BCUT2D eigenvalue weighted by atomic mass is 16.7. The van der Waals surface area contributed by atoms with Crippen molar-refractivity contribution in [3.63, 3.8) is 0 Å². The molecule has 0 amide bonds. The summed E-state index contributed by atoms with van der Waals surface area (Å²) in [5, 5.41) is 63.6. The molecule has 3 aliphatic heterocycles. The van der Waals surface area contributed by atoms with Gasteiger partial charge in [0.2, 0.25) is 6.79 Å². The van der Waals surface area contributed by atoms with Crippen molar-refractivity contribution in [1.82, 2.24) is 4.90 Å². The van der Waals surface area contributed by atoms with Gasteiger partial charge in [-0.05, 0) is 74.9 Å². The maximum atomic E-state index is 14.3. The Hall–Kier alpha value is -1.58. The third kappa shape index (κ3) is 12.1. The molecule has 3 fully saturated rings. The Labute approximate surface area is 345 Å². The lowest BCUT2D eigenvalue weighted by atomic mass is 9.73. The number of cyclic esters (lactones) is 1. The Morgan fingerprint density at radius 1 is 0.897 bits per heavy atom. The van der Waals surface area contributed by atoms with Gasteiger partial charge in [-0.2, -0.15) is 0 Å². The van der Waals surface area contributed by atoms with Gasteiger partial charge in [-0.3, -0.25) is 4.79 Å². The fourth-order valence-corrected chi connectivity index (χ4v) is 8.93. The molecular formula is C41H76N2O15. The van der Waals surface area contributed by atoms with E-state index in [2.05, 4.69) is 5.16 Å². The molecule has 340 valence electrons. The fourth-order valence-electron chi connectivity index (χ4n) is 8.93. The van der Waals surface area contributed by atoms with Crippen molar-refractivity contribution in [3.05, 3.63) is 0 Å². The van der Waals surface area contributed by atoms with E-state index in [-0.39, 0.29) is 44.8 Å². The van der Waals surface area contributed by atoms with Crippen LogP contribution in [-0.4, -0.2) is 175 Å². The molecule has 58 heavy (non-hydrogen) atoms. The van der Waals surface area contributed by atoms with E-state index in [1.54, 1.807) is 55.6 Å². The number of methoxy groups -OCH3 is 2. The average Bonchev–Trinajstić information content (AvgIpc) is 3.15.